The third kappa shape index (κ3) is 4.11. The Bertz CT molecular complexity index is 865. The van der Waals surface area contributed by atoms with Crippen molar-refractivity contribution in [3.05, 3.63) is 39.2 Å². The van der Waals surface area contributed by atoms with Crippen LogP contribution in [-0.4, -0.2) is 38.6 Å². The van der Waals surface area contributed by atoms with E-state index < -0.39 is 11.5 Å². The zero-order valence-electron chi connectivity index (χ0n) is 14.9. The van der Waals surface area contributed by atoms with E-state index in [0.717, 1.165) is 0 Å². The molecule has 2 amide bonds. The summed E-state index contributed by atoms with van der Waals surface area (Å²) in [5.74, 6) is 0.0467. The number of H-pyrrole nitrogens is 1. The van der Waals surface area contributed by atoms with Gasteiger partial charge in [0, 0.05) is 24.7 Å². The highest BCUT2D eigenvalue weighted by Gasteiger charge is 2.19. The quantitative estimate of drug-likeness (QED) is 0.736. The molecule has 0 spiro atoms. The normalized spacial score (nSPS) is 10.8. The minimum Gasteiger partial charge on any atom is -0.358 e. The number of hydrogen-bond donors (Lipinski definition) is 3. The molecule has 134 valence electrons. The molecule has 0 aliphatic rings. The summed E-state index contributed by atoms with van der Waals surface area (Å²) in [6, 6.07) is 1.63. The van der Waals surface area contributed by atoms with Gasteiger partial charge in [0.05, 0.1) is 5.69 Å². The van der Waals surface area contributed by atoms with Crippen LogP contribution in [0.4, 0.5) is 5.82 Å². The Morgan fingerprint density at radius 1 is 1.32 bits per heavy atom. The summed E-state index contributed by atoms with van der Waals surface area (Å²) >= 11 is 0. The van der Waals surface area contributed by atoms with Gasteiger partial charge in [0.15, 0.2) is 5.82 Å². The highest BCUT2D eigenvalue weighted by Crippen LogP contribution is 2.12. The molecule has 0 aromatic carbocycles. The fourth-order valence-electron chi connectivity index (χ4n) is 2.27. The predicted octanol–water partition coefficient (Wildman–Crippen LogP) is 0.705. The third-order valence-electron chi connectivity index (χ3n) is 3.69. The van der Waals surface area contributed by atoms with Gasteiger partial charge in [0.25, 0.3) is 11.5 Å². The zero-order valence-corrected chi connectivity index (χ0v) is 14.9. The van der Waals surface area contributed by atoms with Gasteiger partial charge in [-0.25, -0.2) is 4.98 Å². The van der Waals surface area contributed by atoms with Gasteiger partial charge in [-0.15, -0.1) is 0 Å². The smallest absolute Gasteiger partial charge is 0.264 e. The predicted molar refractivity (Wildman–Crippen MR) is 92.7 cm³/mol. The summed E-state index contributed by atoms with van der Waals surface area (Å²) < 4.78 is 1.46. The molecule has 0 bridgehead atoms. The molecule has 0 aliphatic heterocycles. The van der Waals surface area contributed by atoms with Crippen molar-refractivity contribution in [1.82, 2.24) is 25.1 Å². The number of likely N-dealkylation sites (N-methyl/N-ethyl adjacent to an activating group) is 1. The Morgan fingerprint density at radius 3 is 2.56 bits per heavy atom. The number of nitrogens with zero attached hydrogens (tertiary/aromatic N) is 3. The Balaban J connectivity index is 2.25. The SMILES string of the molecule is CNC(=O)Cn1nc(NC(=O)c2c(C)nc(C(C)C)[nH]c2=O)cc1C. The lowest BCUT2D eigenvalue weighted by Gasteiger charge is -2.09. The van der Waals surface area contributed by atoms with Gasteiger partial charge in [-0.1, -0.05) is 13.8 Å². The summed E-state index contributed by atoms with van der Waals surface area (Å²) in [4.78, 5) is 43.0. The van der Waals surface area contributed by atoms with Gasteiger partial charge in [-0.3, -0.25) is 19.1 Å². The summed E-state index contributed by atoms with van der Waals surface area (Å²) in [6.45, 7) is 7.23. The Labute approximate surface area is 144 Å². The molecule has 0 radical (unpaired) electrons. The lowest BCUT2D eigenvalue weighted by atomic mass is 10.1. The fourth-order valence-corrected chi connectivity index (χ4v) is 2.27. The van der Waals surface area contributed by atoms with Gasteiger partial charge < -0.3 is 15.6 Å². The van der Waals surface area contributed by atoms with Crippen LogP contribution >= 0.6 is 0 Å². The molecule has 0 fully saturated rings. The number of hydrogen-bond acceptors (Lipinski definition) is 5. The van der Waals surface area contributed by atoms with E-state index in [9.17, 15) is 14.4 Å². The number of aryl methyl sites for hydroxylation is 2. The average Bonchev–Trinajstić information content (AvgIpc) is 2.85. The number of anilines is 1. The van der Waals surface area contributed by atoms with Crippen LogP contribution in [0.15, 0.2) is 10.9 Å². The van der Waals surface area contributed by atoms with E-state index in [2.05, 4.69) is 25.7 Å². The van der Waals surface area contributed by atoms with Crippen LogP contribution in [0.2, 0.25) is 0 Å². The first-order valence-corrected chi connectivity index (χ1v) is 7.90. The van der Waals surface area contributed by atoms with Crippen molar-refractivity contribution < 1.29 is 9.59 Å². The van der Waals surface area contributed by atoms with Crippen molar-refractivity contribution in [3.63, 3.8) is 0 Å². The molecular weight excluding hydrogens is 324 g/mol. The maximum atomic E-state index is 12.4. The molecule has 0 atom stereocenters. The molecule has 2 aromatic heterocycles. The summed E-state index contributed by atoms with van der Waals surface area (Å²) in [7, 11) is 1.53. The van der Waals surface area contributed by atoms with E-state index in [1.165, 1.54) is 11.7 Å². The molecule has 2 heterocycles. The molecule has 2 rings (SSSR count). The number of carbonyl (C=O) groups is 2. The second-order valence-corrected chi connectivity index (χ2v) is 6.02. The lowest BCUT2D eigenvalue weighted by Crippen LogP contribution is -2.27. The van der Waals surface area contributed by atoms with Crippen LogP contribution in [0.1, 0.15) is 47.3 Å². The van der Waals surface area contributed by atoms with Crippen molar-refractivity contribution in [2.75, 3.05) is 12.4 Å². The maximum absolute atomic E-state index is 12.4. The Hall–Kier alpha value is -2.97. The molecule has 25 heavy (non-hydrogen) atoms. The minimum absolute atomic E-state index is 0.0441. The largest absolute Gasteiger partial charge is 0.358 e. The molecule has 9 heteroatoms. The highest BCUT2D eigenvalue weighted by molar-refractivity contribution is 6.04. The number of amides is 2. The van der Waals surface area contributed by atoms with Crippen molar-refractivity contribution in [3.8, 4) is 0 Å². The first-order chi connectivity index (χ1) is 11.7. The monoisotopic (exact) mass is 346 g/mol. The van der Waals surface area contributed by atoms with Gasteiger partial charge >= 0.3 is 0 Å². The number of aromatic nitrogens is 4. The molecule has 9 nitrogen and oxygen atoms in total. The highest BCUT2D eigenvalue weighted by atomic mass is 16.2. The third-order valence-corrected chi connectivity index (χ3v) is 3.69. The standard InChI is InChI=1S/C16H22N6O3/c1-8(2)14-18-10(4)13(16(25)20-14)15(24)19-11-6-9(3)22(21-11)7-12(23)17-5/h6,8H,7H2,1-5H3,(H,17,23)(H,18,20,25)(H,19,21,24). The first-order valence-electron chi connectivity index (χ1n) is 7.90. The molecule has 0 saturated carbocycles. The fraction of sp³-hybridized carbons (Fsp3) is 0.438. The second kappa shape index (κ2) is 7.29. The van der Waals surface area contributed by atoms with Crippen LogP contribution in [0.5, 0.6) is 0 Å². The van der Waals surface area contributed by atoms with Crippen LogP contribution in [-0.2, 0) is 11.3 Å². The Morgan fingerprint density at radius 2 is 2.00 bits per heavy atom. The van der Waals surface area contributed by atoms with E-state index >= 15 is 0 Å². The van der Waals surface area contributed by atoms with Crippen LogP contribution in [0.25, 0.3) is 0 Å². The van der Waals surface area contributed by atoms with Crippen molar-refractivity contribution in [2.45, 2.75) is 40.2 Å². The molecular formula is C16H22N6O3. The van der Waals surface area contributed by atoms with E-state index in [4.69, 9.17) is 0 Å². The van der Waals surface area contributed by atoms with E-state index in [1.807, 2.05) is 13.8 Å². The van der Waals surface area contributed by atoms with Crippen LogP contribution < -0.4 is 16.2 Å². The van der Waals surface area contributed by atoms with Crippen molar-refractivity contribution in [2.24, 2.45) is 0 Å². The van der Waals surface area contributed by atoms with Gasteiger partial charge in [0.1, 0.15) is 17.9 Å². The number of carbonyl (C=O) groups excluding carboxylic acids is 2. The Kier molecular flexibility index (Phi) is 5.35. The molecule has 0 aliphatic carbocycles. The van der Waals surface area contributed by atoms with Gasteiger partial charge in [-0.2, -0.15) is 5.10 Å². The minimum atomic E-state index is -0.592. The molecule has 0 saturated heterocycles. The summed E-state index contributed by atoms with van der Waals surface area (Å²) in [5.41, 5.74) is 0.516. The molecule has 0 unspecified atom stereocenters. The van der Waals surface area contributed by atoms with E-state index in [1.54, 1.807) is 19.9 Å². The van der Waals surface area contributed by atoms with Crippen molar-refractivity contribution >= 4 is 17.6 Å². The number of rotatable bonds is 5. The first kappa shape index (κ1) is 18.4. The summed E-state index contributed by atoms with van der Waals surface area (Å²) in [6.07, 6.45) is 0. The zero-order chi connectivity index (χ0) is 18.7. The molecule has 3 N–H and O–H groups in total. The van der Waals surface area contributed by atoms with E-state index in [0.29, 0.717) is 17.2 Å². The molecule has 2 aromatic rings. The van der Waals surface area contributed by atoms with Crippen LogP contribution in [0.3, 0.4) is 0 Å². The average molecular weight is 346 g/mol. The van der Waals surface area contributed by atoms with Crippen molar-refractivity contribution in [1.29, 1.82) is 0 Å². The number of nitrogens with one attached hydrogen (secondary N) is 3. The van der Waals surface area contributed by atoms with Crippen LogP contribution in [0, 0.1) is 13.8 Å². The topological polar surface area (TPSA) is 122 Å². The lowest BCUT2D eigenvalue weighted by molar-refractivity contribution is -0.121. The van der Waals surface area contributed by atoms with Gasteiger partial charge in [0.2, 0.25) is 5.91 Å². The van der Waals surface area contributed by atoms with Gasteiger partial charge in [-0.05, 0) is 13.8 Å². The summed E-state index contributed by atoms with van der Waals surface area (Å²) in [5, 5.41) is 9.24. The number of aromatic amines is 1. The van der Waals surface area contributed by atoms with E-state index in [-0.39, 0.29) is 29.8 Å². The second-order valence-electron chi connectivity index (χ2n) is 6.02. The maximum Gasteiger partial charge on any atom is 0.264 e.